The number of aryl methyl sites for hydroxylation is 1. The molecule has 25 heavy (non-hydrogen) atoms. The molecule has 1 fully saturated rings. The molecule has 2 N–H and O–H groups in total. The Kier molecular flexibility index (Phi) is 5.61. The van der Waals surface area contributed by atoms with Crippen LogP contribution in [0.15, 0.2) is 4.99 Å². The van der Waals surface area contributed by atoms with Gasteiger partial charge in [-0.2, -0.15) is 0 Å². The summed E-state index contributed by atoms with van der Waals surface area (Å²) in [6.07, 6.45) is 7.00. The summed E-state index contributed by atoms with van der Waals surface area (Å²) in [6, 6.07) is 0.382. The van der Waals surface area contributed by atoms with Crippen molar-refractivity contribution < 1.29 is 4.74 Å². The zero-order valence-electron chi connectivity index (χ0n) is 16.0. The molecule has 2 unspecified atom stereocenters. The SMILES string of the molecule is CN=C(NCCc1nnc2n1CCCCC2)NC1CC(OC)C1(C)C. The van der Waals surface area contributed by atoms with E-state index in [9.17, 15) is 0 Å². The van der Waals surface area contributed by atoms with Crippen LogP contribution in [-0.4, -0.2) is 53.6 Å². The lowest BCUT2D eigenvalue weighted by atomic mass is 9.64. The van der Waals surface area contributed by atoms with E-state index in [2.05, 4.69) is 44.2 Å². The van der Waals surface area contributed by atoms with Crippen LogP contribution >= 0.6 is 0 Å². The molecule has 2 heterocycles. The highest BCUT2D eigenvalue weighted by Gasteiger charge is 2.48. The molecule has 1 aliphatic heterocycles. The summed E-state index contributed by atoms with van der Waals surface area (Å²) < 4.78 is 7.83. The second kappa shape index (κ2) is 7.72. The lowest BCUT2D eigenvalue weighted by Gasteiger charge is -2.51. The summed E-state index contributed by atoms with van der Waals surface area (Å²) in [4.78, 5) is 4.36. The highest BCUT2D eigenvalue weighted by Crippen LogP contribution is 2.42. The van der Waals surface area contributed by atoms with Gasteiger partial charge in [-0.1, -0.05) is 20.3 Å². The average Bonchev–Trinajstić information content (AvgIpc) is 2.83. The first-order valence-electron chi connectivity index (χ1n) is 9.47. The third-order valence-corrected chi connectivity index (χ3v) is 5.82. The van der Waals surface area contributed by atoms with E-state index >= 15 is 0 Å². The Hall–Kier alpha value is -1.63. The van der Waals surface area contributed by atoms with Gasteiger partial charge in [-0.05, 0) is 19.3 Å². The van der Waals surface area contributed by atoms with Crippen molar-refractivity contribution in [1.29, 1.82) is 0 Å². The van der Waals surface area contributed by atoms with Gasteiger partial charge < -0.3 is 19.9 Å². The third kappa shape index (κ3) is 3.81. The smallest absolute Gasteiger partial charge is 0.191 e. The molecule has 0 saturated heterocycles. The van der Waals surface area contributed by atoms with Gasteiger partial charge in [0.1, 0.15) is 11.6 Å². The molecular weight excluding hydrogens is 316 g/mol. The van der Waals surface area contributed by atoms with Crippen molar-refractivity contribution in [2.24, 2.45) is 10.4 Å². The fraction of sp³-hybridized carbons (Fsp3) is 0.833. The Morgan fingerprint density at radius 1 is 1.32 bits per heavy atom. The number of aromatic nitrogens is 3. The van der Waals surface area contributed by atoms with E-state index in [1.54, 1.807) is 7.11 Å². The summed E-state index contributed by atoms with van der Waals surface area (Å²) in [5, 5.41) is 15.7. The molecule has 1 aliphatic carbocycles. The molecule has 0 bridgehead atoms. The topological polar surface area (TPSA) is 76.4 Å². The van der Waals surface area contributed by atoms with Crippen LogP contribution in [0, 0.1) is 5.41 Å². The quantitative estimate of drug-likeness (QED) is 0.623. The molecule has 1 aromatic rings. The van der Waals surface area contributed by atoms with Crippen molar-refractivity contribution in [3.05, 3.63) is 11.6 Å². The van der Waals surface area contributed by atoms with Gasteiger partial charge in [0.2, 0.25) is 0 Å². The predicted molar refractivity (Wildman–Crippen MR) is 98.8 cm³/mol. The maximum atomic E-state index is 5.52. The van der Waals surface area contributed by atoms with Crippen LogP contribution in [0.4, 0.5) is 0 Å². The number of ether oxygens (including phenoxy) is 1. The largest absolute Gasteiger partial charge is 0.381 e. The van der Waals surface area contributed by atoms with Crippen LogP contribution in [0.3, 0.4) is 0 Å². The van der Waals surface area contributed by atoms with Gasteiger partial charge in [-0.15, -0.1) is 10.2 Å². The average molecular weight is 348 g/mol. The molecule has 0 radical (unpaired) electrons. The number of fused-ring (bicyclic) bond motifs is 1. The van der Waals surface area contributed by atoms with E-state index in [1.807, 2.05) is 7.05 Å². The summed E-state index contributed by atoms with van der Waals surface area (Å²) in [5.74, 6) is 3.09. The van der Waals surface area contributed by atoms with Gasteiger partial charge in [-0.25, -0.2) is 0 Å². The molecule has 3 rings (SSSR count). The van der Waals surface area contributed by atoms with Crippen molar-refractivity contribution in [2.45, 2.75) is 71.1 Å². The number of guanidine groups is 1. The predicted octanol–water partition coefficient (Wildman–Crippen LogP) is 1.53. The van der Waals surface area contributed by atoms with Crippen molar-refractivity contribution >= 4 is 5.96 Å². The summed E-state index contributed by atoms with van der Waals surface area (Å²) >= 11 is 0. The lowest BCUT2D eigenvalue weighted by Crippen LogP contribution is -2.63. The monoisotopic (exact) mass is 348 g/mol. The number of methoxy groups -OCH3 is 1. The van der Waals surface area contributed by atoms with E-state index in [1.165, 1.54) is 19.3 Å². The molecule has 1 saturated carbocycles. The van der Waals surface area contributed by atoms with Gasteiger partial charge in [0, 0.05) is 51.5 Å². The molecule has 0 aromatic carbocycles. The lowest BCUT2D eigenvalue weighted by molar-refractivity contribution is -0.0922. The van der Waals surface area contributed by atoms with Crippen molar-refractivity contribution in [1.82, 2.24) is 25.4 Å². The Bertz CT molecular complexity index is 609. The molecule has 7 heteroatoms. The van der Waals surface area contributed by atoms with E-state index < -0.39 is 0 Å². The minimum absolute atomic E-state index is 0.122. The number of hydrogen-bond donors (Lipinski definition) is 2. The molecular formula is C18H32N6O. The number of rotatable bonds is 5. The van der Waals surface area contributed by atoms with Crippen molar-refractivity contribution in [3.8, 4) is 0 Å². The summed E-state index contributed by atoms with van der Waals surface area (Å²) in [5.41, 5.74) is 0.122. The number of nitrogens with one attached hydrogen (secondary N) is 2. The zero-order valence-corrected chi connectivity index (χ0v) is 16.0. The third-order valence-electron chi connectivity index (χ3n) is 5.82. The van der Waals surface area contributed by atoms with Gasteiger partial charge in [0.05, 0.1) is 6.10 Å². The Balaban J connectivity index is 1.49. The van der Waals surface area contributed by atoms with Crippen molar-refractivity contribution in [3.63, 3.8) is 0 Å². The Labute approximate surface area is 150 Å². The van der Waals surface area contributed by atoms with Gasteiger partial charge in [0.15, 0.2) is 5.96 Å². The fourth-order valence-electron chi connectivity index (χ4n) is 3.91. The van der Waals surface area contributed by atoms with Crippen LogP contribution in [0.5, 0.6) is 0 Å². The van der Waals surface area contributed by atoms with Crippen LogP contribution in [0.2, 0.25) is 0 Å². The Morgan fingerprint density at radius 2 is 2.16 bits per heavy atom. The van der Waals surface area contributed by atoms with Crippen LogP contribution in [-0.2, 0) is 24.1 Å². The van der Waals surface area contributed by atoms with Crippen LogP contribution in [0.25, 0.3) is 0 Å². The molecule has 1 aromatic heterocycles. The maximum absolute atomic E-state index is 5.52. The minimum atomic E-state index is 0.122. The van der Waals surface area contributed by atoms with Gasteiger partial charge in [-0.3, -0.25) is 4.99 Å². The van der Waals surface area contributed by atoms with Gasteiger partial charge >= 0.3 is 0 Å². The van der Waals surface area contributed by atoms with Crippen molar-refractivity contribution in [2.75, 3.05) is 20.7 Å². The highest BCUT2D eigenvalue weighted by atomic mass is 16.5. The summed E-state index contributed by atoms with van der Waals surface area (Å²) in [6.45, 7) is 6.33. The first-order valence-corrected chi connectivity index (χ1v) is 9.47. The molecule has 0 spiro atoms. The molecule has 2 aliphatic rings. The minimum Gasteiger partial charge on any atom is -0.381 e. The number of hydrogen-bond acceptors (Lipinski definition) is 4. The summed E-state index contributed by atoms with van der Waals surface area (Å²) in [7, 11) is 3.61. The second-order valence-electron chi connectivity index (χ2n) is 7.72. The molecule has 2 atom stereocenters. The standard InChI is InChI=1S/C18H32N6O/c1-18(2)13(12-14(18)25-4)21-17(19-3)20-10-9-16-23-22-15-8-6-5-7-11-24(15)16/h13-14H,5-12H2,1-4H3,(H2,19,20,21). The normalized spacial score (nSPS) is 25.7. The van der Waals surface area contributed by atoms with E-state index in [0.717, 1.165) is 50.0 Å². The highest BCUT2D eigenvalue weighted by molar-refractivity contribution is 5.80. The maximum Gasteiger partial charge on any atom is 0.191 e. The number of aliphatic imine (C=N–C) groups is 1. The van der Waals surface area contributed by atoms with E-state index in [-0.39, 0.29) is 5.41 Å². The zero-order chi connectivity index (χ0) is 17.9. The van der Waals surface area contributed by atoms with Crippen LogP contribution < -0.4 is 10.6 Å². The first-order chi connectivity index (χ1) is 12.1. The Morgan fingerprint density at radius 3 is 2.88 bits per heavy atom. The first kappa shape index (κ1) is 18.2. The van der Waals surface area contributed by atoms with E-state index in [4.69, 9.17) is 4.74 Å². The molecule has 140 valence electrons. The second-order valence-corrected chi connectivity index (χ2v) is 7.72. The molecule has 7 nitrogen and oxygen atoms in total. The van der Waals surface area contributed by atoms with Gasteiger partial charge in [0.25, 0.3) is 0 Å². The van der Waals surface area contributed by atoms with Crippen LogP contribution in [0.1, 0.15) is 51.2 Å². The van der Waals surface area contributed by atoms with E-state index in [0.29, 0.717) is 12.1 Å². The number of nitrogens with zero attached hydrogens (tertiary/aromatic N) is 4. The fourth-order valence-corrected chi connectivity index (χ4v) is 3.91. The molecule has 0 amide bonds.